The Morgan fingerprint density at radius 3 is 2.25 bits per heavy atom. The van der Waals surface area contributed by atoms with Crippen molar-refractivity contribution in [2.75, 3.05) is 6.54 Å². The molecule has 2 rings (SSSR count). The van der Waals surface area contributed by atoms with Crippen molar-refractivity contribution in [3.05, 3.63) is 70.7 Å². The Bertz CT molecular complexity index is 686. The lowest BCUT2D eigenvalue weighted by atomic mass is 10.0. The molecule has 5 heteroatoms. The summed E-state index contributed by atoms with van der Waals surface area (Å²) in [7, 11) is 0. The highest BCUT2D eigenvalue weighted by molar-refractivity contribution is 6.30. The molecule has 126 valence electrons. The van der Waals surface area contributed by atoms with Gasteiger partial charge in [0.15, 0.2) is 0 Å². The van der Waals surface area contributed by atoms with Crippen LogP contribution in [0.4, 0.5) is 0 Å². The second kappa shape index (κ2) is 8.50. The second-order valence-corrected chi connectivity index (χ2v) is 6.06. The molecule has 2 aromatic rings. The summed E-state index contributed by atoms with van der Waals surface area (Å²) in [4.78, 5) is 25.7. The van der Waals surface area contributed by atoms with E-state index in [1.807, 2.05) is 25.1 Å². The maximum absolute atomic E-state index is 12.8. The summed E-state index contributed by atoms with van der Waals surface area (Å²) in [5.74, 6) is -1.66. The normalized spacial score (nSPS) is 11.8. The van der Waals surface area contributed by atoms with Crippen LogP contribution in [0.3, 0.4) is 0 Å². The molecule has 24 heavy (non-hydrogen) atoms. The molecule has 1 amide bonds. The second-order valence-electron chi connectivity index (χ2n) is 5.62. The SMILES string of the molecule is CCC(CN(Cc1ccc(Cl)cc1)C(=O)c1ccccc1)C(=O)O. The van der Waals surface area contributed by atoms with Gasteiger partial charge in [-0.1, -0.05) is 48.9 Å². The van der Waals surface area contributed by atoms with Gasteiger partial charge >= 0.3 is 5.97 Å². The zero-order valence-corrected chi connectivity index (χ0v) is 14.2. The van der Waals surface area contributed by atoms with Gasteiger partial charge < -0.3 is 10.0 Å². The van der Waals surface area contributed by atoms with Crippen molar-refractivity contribution in [1.82, 2.24) is 4.90 Å². The van der Waals surface area contributed by atoms with Gasteiger partial charge in [-0.15, -0.1) is 0 Å². The zero-order valence-electron chi connectivity index (χ0n) is 13.5. The van der Waals surface area contributed by atoms with Gasteiger partial charge in [0, 0.05) is 23.7 Å². The van der Waals surface area contributed by atoms with Crippen LogP contribution in [0.2, 0.25) is 5.02 Å². The van der Waals surface area contributed by atoms with Crippen molar-refractivity contribution < 1.29 is 14.7 Å². The Labute approximate surface area is 146 Å². The first-order valence-corrected chi connectivity index (χ1v) is 8.20. The molecule has 2 aromatic carbocycles. The Balaban J connectivity index is 2.24. The van der Waals surface area contributed by atoms with E-state index in [1.54, 1.807) is 41.3 Å². The molecule has 0 aromatic heterocycles. The highest BCUT2D eigenvalue weighted by Crippen LogP contribution is 2.16. The maximum atomic E-state index is 12.8. The molecular formula is C19H20ClNO3. The van der Waals surface area contributed by atoms with E-state index in [-0.39, 0.29) is 12.5 Å². The molecule has 1 unspecified atom stereocenters. The molecule has 0 spiro atoms. The van der Waals surface area contributed by atoms with Crippen LogP contribution in [-0.4, -0.2) is 28.4 Å². The predicted molar refractivity (Wildman–Crippen MR) is 94.1 cm³/mol. The summed E-state index contributed by atoms with van der Waals surface area (Å²) in [6.07, 6.45) is 0.467. The number of carboxylic acids is 1. The maximum Gasteiger partial charge on any atom is 0.308 e. The van der Waals surface area contributed by atoms with Crippen molar-refractivity contribution in [3.63, 3.8) is 0 Å². The van der Waals surface area contributed by atoms with Crippen molar-refractivity contribution in [3.8, 4) is 0 Å². The van der Waals surface area contributed by atoms with Crippen LogP contribution in [-0.2, 0) is 11.3 Å². The van der Waals surface area contributed by atoms with Gasteiger partial charge in [-0.3, -0.25) is 9.59 Å². The summed E-state index contributed by atoms with van der Waals surface area (Å²) in [6.45, 7) is 2.32. The molecule has 0 bridgehead atoms. The molecule has 1 N–H and O–H groups in total. The van der Waals surface area contributed by atoms with Gasteiger partial charge in [0.1, 0.15) is 0 Å². The summed E-state index contributed by atoms with van der Waals surface area (Å²) in [5.41, 5.74) is 1.45. The van der Waals surface area contributed by atoms with E-state index in [0.717, 1.165) is 5.56 Å². The fraction of sp³-hybridized carbons (Fsp3) is 0.263. The highest BCUT2D eigenvalue weighted by atomic mass is 35.5. The van der Waals surface area contributed by atoms with Gasteiger partial charge in [0.25, 0.3) is 5.91 Å². The number of benzene rings is 2. The average Bonchev–Trinajstić information content (AvgIpc) is 2.60. The van der Waals surface area contributed by atoms with Crippen LogP contribution >= 0.6 is 11.6 Å². The third kappa shape index (κ3) is 4.83. The number of carbonyl (C=O) groups excluding carboxylic acids is 1. The predicted octanol–water partition coefficient (Wildman–Crippen LogP) is 4.09. The van der Waals surface area contributed by atoms with Crippen molar-refractivity contribution in [1.29, 1.82) is 0 Å². The largest absolute Gasteiger partial charge is 0.481 e. The summed E-state index contributed by atoms with van der Waals surface area (Å²) in [6, 6.07) is 16.1. The number of aliphatic carboxylic acids is 1. The number of hydrogen-bond donors (Lipinski definition) is 1. The third-order valence-electron chi connectivity index (χ3n) is 3.88. The van der Waals surface area contributed by atoms with Crippen LogP contribution < -0.4 is 0 Å². The monoisotopic (exact) mass is 345 g/mol. The van der Waals surface area contributed by atoms with E-state index >= 15 is 0 Å². The van der Waals surface area contributed by atoms with Gasteiger partial charge in [-0.05, 0) is 36.2 Å². The Morgan fingerprint density at radius 2 is 1.71 bits per heavy atom. The standard InChI is InChI=1S/C19H20ClNO3/c1-2-15(19(23)24)13-21(12-14-8-10-17(20)11-9-14)18(22)16-6-4-3-5-7-16/h3-11,15H,2,12-13H2,1H3,(H,23,24). The van der Waals surface area contributed by atoms with Gasteiger partial charge in [-0.25, -0.2) is 0 Å². The van der Waals surface area contributed by atoms with Crippen LogP contribution in [0.5, 0.6) is 0 Å². The number of amides is 1. The van der Waals surface area contributed by atoms with E-state index in [4.69, 9.17) is 11.6 Å². The first-order valence-electron chi connectivity index (χ1n) is 7.82. The van der Waals surface area contributed by atoms with Crippen LogP contribution in [0, 0.1) is 5.92 Å². The number of rotatable bonds is 7. The van der Waals surface area contributed by atoms with E-state index in [0.29, 0.717) is 23.6 Å². The van der Waals surface area contributed by atoms with Crippen LogP contribution in [0.1, 0.15) is 29.3 Å². The smallest absolute Gasteiger partial charge is 0.308 e. The molecule has 1 atom stereocenters. The molecule has 0 saturated carbocycles. The number of halogens is 1. The number of carboxylic acid groups (broad SMARTS) is 1. The molecule has 0 saturated heterocycles. The molecule has 0 heterocycles. The first-order chi connectivity index (χ1) is 11.5. The minimum Gasteiger partial charge on any atom is -0.481 e. The van der Waals surface area contributed by atoms with Crippen molar-refractivity contribution in [2.24, 2.45) is 5.92 Å². The number of hydrogen-bond acceptors (Lipinski definition) is 2. The first kappa shape index (κ1) is 18.0. The highest BCUT2D eigenvalue weighted by Gasteiger charge is 2.23. The van der Waals surface area contributed by atoms with Gasteiger partial charge in [0.05, 0.1) is 5.92 Å². The van der Waals surface area contributed by atoms with Gasteiger partial charge in [-0.2, -0.15) is 0 Å². The molecule has 0 aliphatic carbocycles. The van der Waals surface area contributed by atoms with E-state index in [2.05, 4.69) is 0 Å². The molecule has 0 aliphatic heterocycles. The fourth-order valence-electron chi connectivity index (χ4n) is 2.44. The van der Waals surface area contributed by atoms with E-state index < -0.39 is 11.9 Å². The number of carbonyl (C=O) groups is 2. The summed E-state index contributed by atoms with van der Waals surface area (Å²) >= 11 is 5.90. The minimum atomic E-state index is -0.889. The Kier molecular flexibility index (Phi) is 6.38. The summed E-state index contributed by atoms with van der Waals surface area (Å²) < 4.78 is 0. The van der Waals surface area contributed by atoms with Crippen LogP contribution in [0.15, 0.2) is 54.6 Å². The topological polar surface area (TPSA) is 57.6 Å². The van der Waals surface area contributed by atoms with Gasteiger partial charge in [0.2, 0.25) is 0 Å². The molecule has 4 nitrogen and oxygen atoms in total. The van der Waals surface area contributed by atoms with Crippen molar-refractivity contribution in [2.45, 2.75) is 19.9 Å². The minimum absolute atomic E-state index is 0.169. The van der Waals surface area contributed by atoms with E-state index in [1.165, 1.54) is 0 Å². The Hall–Kier alpha value is -2.33. The zero-order chi connectivity index (χ0) is 17.5. The molecular weight excluding hydrogens is 326 g/mol. The van der Waals surface area contributed by atoms with Crippen molar-refractivity contribution >= 4 is 23.5 Å². The lowest BCUT2D eigenvalue weighted by Gasteiger charge is -2.26. The number of nitrogens with zero attached hydrogens (tertiary/aromatic N) is 1. The fourth-order valence-corrected chi connectivity index (χ4v) is 2.57. The average molecular weight is 346 g/mol. The van der Waals surface area contributed by atoms with Crippen LogP contribution in [0.25, 0.3) is 0 Å². The lowest BCUT2D eigenvalue weighted by Crippen LogP contribution is -2.37. The van der Waals surface area contributed by atoms with E-state index in [9.17, 15) is 14.7 Å². The summed E-state index contributed by atoms with van der Waals surface area (Å²) in [5, 5.41) is 9.94. The molecule has 0 aliphatic rings. The molecule has 0 radical (unpaired) electrons. The Morgan fingerprint density at radius 1 is 1.08 bits per heavy atom. The third-order valence-corrected chi connectivity index (χ3v) is 4.13. The molecule has 0 fully saturated rings. The lowest BCUT2D eigenvalue weighted by molar-refractivity contribution is -0.142. The quantitative estimate of drug-likeness (QED) is 0.822.